The van der Waals surface area contributed by atoms with Gasteiger partial charge in [0.15, 0.2) is 0 Å². The number of hydrogen-bond acceptors (Lipinski definition) is 6. The number of carbonyl (C=O) groups excluding carboxylic acids is 2. The smallest absolute Gasteiger partial charge is 0.335 e. The largest absolute Gasteiger partial charge is 0.457 e. The molecule has 0 aliphatic rings. The summed E-state index contributed by atoms with van der Waals surface area (Å²) in [6.07, 6.45) is 0. The third-order valence-electron chi connectivity index (χ3n) is 4.31. The number of esters is 2. The number of ether oxygens (including phenoxy) is 4. The molecule has 0 aliphatic heterocycles. The molecule has 0 radical (unpaired) electrons. The Morgan fingerprint density at radius 2 is 1.10 bits per heavy atom. The predicted molar refractivity (Wildman–Crippen MR) is 114 cm³/mol. The quantitative estimate of drug-likeness (QED) is 0.229. The summed E-state index contributed by atoms with van der Waals surface area (Å²) in [6.45, 7) is 9.84. The standard InChI is InChI=1S/C24H22O6/c1-15(2)23(25)29-13-27-19-7-9-21-17(11-19)5-6-18-12-20(8-10-22(18)21)28-14-30-24(26)16(3)4/h5-12H,1,3,13-14H2,2,4H3. The predicted octanol–water partition coefficient (Wildman–Crippen LogP) is 4.90. The summed E-state index contributed by atoms with van der Waals surface area (Å²) in [4.78, 5) is 22.8. The van der Waals surface area contributed by atoms with Crippen LogP contribution in [0, 0.1) is 0 Å². The Bertz CT molecular complexity index is 1050. The summed E-state index contributed by atoms with van der Waals surface area (Å²) in [7, 11) is 0. The van der Waals surface area contributed by atoms with Crippen LogP contribution in [0.4, 0.5) is 0 Å². The minimum Gasteiger partial charge on any atom is -0.457 e. The van der Waals surface area contributed by atoms with Gasteiger partial charge in [-0.15, -0.1) is 0 Å². The zero-order valence-electron chi connectivity index (χ0n) is 16.9. The van der Waals surface area contributed by atoms with E-state index in [0.29, 0.717) is 22.6 Å². The van der Waals surface area contributed by atoms with Gasteiger partial charge in [0.2, 0.25) is 13.6 Å². The molecule has 3 aromatic rings. The molecule has 0 saturated heterocycles. The van der Waals surface area contributed by atoms with Gasteiger partial charge < -0.3 is 18.9 Å². The van der Waals surface area contributed by atoms with Crippen molar-refractivity contribution in [3.8, 4) is 11.5 Å². The van der Waals surface area contributed by atoms with E-state index in [-0.39, 0.29) is 13.6 Å². The van der Waals surface area contributed by atoms with Crippen molar-refractivity contribution in [1.29, 1.82) is 0 Å². The number of benzene rings is 3. The summed E-state index contributed by atoms with van der Waals surface area (Å²) < 4.78 is 20.9. The minimum atomic E-state index is -0.491. The Morgan fingerprint density at radius 3 is 1.47 bits per heavy atom. The van der Waals surface area contributed by atoms with Crippen LogP contribution in [0.2, 0.25) is 0 Å². The average molecular weight is 406 g/mol. The van der Waals surface area contributed by atoms with Gasteiger partial charge in [0.05, 0.1) is 0 Å². The van der Waals surface area contributed by atoms with Crippen LogP contribution in [-0.2, 0) is 19.1 Å². The second kappa shape index (κ2) is 9.13. The van der Waals surface area contributed by atoms with E-state index in [9.17, 15) is 9.59 Å². The third-order valence-corrected chi connectivity index (χ3v) is 4.31. The van der Waals surface area contributed by atoms with Crippen molar-refractivity contribution < 1.29 is 28.5 Å². The van der Waals surface area contributed by atoms with Crippen molar-refractivity contribution in [2.45, 2.75) is 13.8 Å². The van der Waals surface area contributed by atoms with Crippen LogP contribution in [0.1, 0.15) is 13.8 Å². The van der Waals surface area contributed by atoms with Crippen molar-refractivity contribution in [3.63, 3.8) is 0 Å². The molecule has 0 N–H and O–H groups in total. The van der Waals surface area contributed by atoms with Gasteiger partial charge in [0, 0.05) is 11.1 Å². The molecule has 154 valence electrons. The molecule has 0 spiro atoms. The molecule has 0 heterocycles. The average Bonchev–Trinajstić information content (AvgIpc) is 2.72. The number of carbonyl (C=O) groups is 2. The maximum atomic E-state index is 11.4. The van der Waals surface area contributed by atoms with Gasteiger partial charge in [-0.25, -0.2) is 9.59 Å². The Labute approximate surface area is 174 Å². The lowest BCUT2D eigenvalue weighted by molar-refractivity contribution is -0.146. The van der Waals surface area contributed by atoms with Crippen molar-refractivity contribution in [2.24, 2.45) is 0 Å². The maximum absolute atomic E-state index is 11.4. The van der Waals surface area contributed by atoms with E-state index in [1.54, 1.807) is 13.8 Å². The number of hydrogen-bond donors (Lipinski definition) is 0. The zero-order chi connectivity index (χ0) is 21.7. The van der Waals surface area contributed by atoms with Crippen LogP contribution < -0.4 is 9.47 Å². The first-order chi connectivity index (χ1) is 14.3. The Hall–Kier alpha value is -3.80. The molecule has 0 fully saturated rings. The monoisotopic (exact) mass is 406 g/mol. The first-order valence-electron chi connectivity index (χ1n) is 9.22. The van der Waals surface area contributed by atoms with Gasteiger partial charge in [-0.1, -0.05) is 37.4 Å². The second-order valence-corrected chi connectivity index (χ2v) is 6.78. The minimum absolute atomic E-state index is 0.179. The molecular formula is C24H22O6. The first-order valence-corrected chi connectivity index (χ1v) is 9.22. The molecule has 0 unspecified atom stereocenters. The lowest BCUT2D eigenvalue weighted by atomic mass is 10.0. The Kier molecular flexibility index (Phi) is 6.37. The summed E-state index contributed by atoms with van der Waals surface area (Å²) >= 11 is 0. The van der Waals surface area contributed by atoms with E-state index < -0.39 is 11.9 Å². The van der Waals surface area contributed by atoms with Crippen molar-refractivity contribution >= 4 is 33.5 Å². The van der Waals surface area contributed by atoms with Gasteiger partial charge in [0.25, 0.3) is 0 Å². The van der Waals surface area contributed by atoms with Crippen LogP contribution in [0.3, 0.4) is 0 Å². The molecule has 0 amide bonds. The summed E-state index contributed by atoms with van der Waals surface area (Å²) in [5.41, 5.74) is 0.641. The lowest BCUT2D eigenvalue weighted by Crippen LogP contribution is -2.10. The SMILES string of the molecule is C=C(C)C(=O)OCOc1ccc2c(ccc3cc(OCOC(=O)C(=C)C)ccc32)c1. The highest BCUT2D eigenvalue weighted by Gasteiger charge is 2.07. The van der Waals surface area contributed by atoms with Crippen molar-refractivity contribution in [1.82, 2.24) is 0 Å². The topological polar surface area (TPSA) is 71.1 Å². The van der Waals surface area contributed by atoms with Gasteiger partial charge in [-0.3, -0.25) is 0 Å². The fraction of sp³-hybridized carbons (Fsp3) is 0.167. The summed E-state index contributed by atoms with van der Waals surface area (Å²) in [5, 5.41) is 4.05. The van der Waals surface area contributed by atoms with Crippen LogP contribution in [0.25, 0.3) is 21.5 Å². The molecule has 6 heteroatoms. The molecular weight excluding hydrogens is 384 g/mol. The fourth-order valence-corrected chi connectivity index (χ4v) is 2.76. The second-order valence-electron chi connectivity index (χ2n) is 6.78. The highest BCUT2D eigenvalue weighted by molar-refractivity contribution is 6.08. The first kappa shape index (κ1) is 20.9. The highest BCUT2D eigenvalue weighted by Crippen LogP contribution is 2.30. The maximum Gasteiger partial charge on any atom is 0.335 e. The van der Waals surface area contributed by atoms with E-state index in [4.69, 9.17) is 18.9 Å². The van der Waals surface area contributed by atoms with Gasteiger partial charge in [-0.2, -0.15) is 0 Å². The van der Waals surface area contributed by atoms with Gasteiger partial charge in [0.1, 0.15) is 11.5 Å². The Morgan fingerprint density at radius 1 is 0.700 bits per heavy atom. The molecule has 3 aromatic carbocycles. The van der Waals surface area contributed by atoms with E-state index in [1.807, 2.05) is 48.5 Å². The number of fused-ring (bicyclic) bond motifs is 3. The van der Waals surface area contributed by atoms with E-state index >= 15 is 0 Å². The van der Waals surface area contributed by atoms with Crippen LogP contribution >= 0.6 is 0 Å². The molecule has 0 aromatic heterocycles. The molecule has 3 rings (SSSR count). The molecule has 30 heavy (non-hydrogen) atoms. The Balaban J connectivity index is 1.72. The van der Waals surface area contributed by atoms with Gasteiger partial charge >= 0.3 is 11.9 Å². The van der Waals surface area contributed by atoms with Crippen LogP contribution in [0.5, 0.6) is 11.5 Å². The number of rotatable bonds is 8. The zero-order valence-corrected chi connectivity index (χ0v) is 16.9. The van der Waals surface area contributed by atoms with Crippen molar-refractivity contribution in [3.05, 3.63) is 72.8 Å². The lowest BCUT2D eigenvalue weighted by Gasteiger charge is -2.11. The van der Waals surface area contributed by atoms with Crippen LogP contribution in [-0.4, -0.2) is 25.5 Å². The molecule has 0 atom stereocenters. The normalized spacial score (nSPS) is 10.5. The molecule has 0 aliphatic carbocycles. The van der Waals surface area contributed by atoms with Crippen LogP contribution in [0.15, 0.2) is 72.8 Å². The van der Waals surface area contributed by atoms with E-state index in [1.165, 1.54) is 0 Å². The molecule has 0 bridgehead atoms. The van der Waals surface area contributed by atoms with E-state index in [0.717, 1.165) is 21.5 Å². The molecule has 6 nitrogen and oxygen atoms in total. The van der Waals surface area contributed by atoms with Gasteiger partial charge in [-0.05, 0) is 59.7 Å². The fourth-order valence-electron chi connectivity index (χ4n) is 2.76. The van der Waals surface area contributed by atoms with E-state index in [2.05, 4.69) is 13.2 Å². The summed E-state index contributed by atoms with van der Waals surface area (Å²) in [6, 6.07) is 15.2. The highest BCUT2D eigenvalue weighted by atomic mass is 16.7. The van der Waals surface area contributed by atoms with Crippen molar-refractivity contribution in [2.75, 3.05) is 13.6 Å². The third kappa shape index (κ3) is 4.97. The summed E-state index contributed by atoms with van der Waals surface area (Å²) in [5.74, 6) is 0.203. The molecule has 0 saturated carbocycles.